The fourth-order valence-corrected chi connectivity index (χ4v) is 4.42. The zero-order chi connectivity index (χ0) is 25.1. The van der Waals surface area contributed by atoms with E-state index in [1.54, 1.807) is 29.2 Å². The third kappa shape index (κ3) is 4.81. The fraction of sp³-hybridized carbons (Fsp3) is 0.148. The number of hydrogen-bond acceptors (Lipinski definition) is 4. The van der Waals surface area contributed by atoms with Gasteiger partial charge in [-0.2, -0.15) is 0 Å². The maximum atomic E-state index is 14.7. The zero-order valence-electron chi connectivity index (χ0n) is 18.9. The summed E-state index contributed by atoms with van der Waals surface area (Å²) in [5, 5.41) is 28.3. The van der Waals surface area contributed by atoms with Crippen molar-refractivity contribution in [3.63, 3.8) is 0 Å². The average Bonchev–Trinajstić information content (AvgIpc) is 2.88. The Hall–Kier alpha value is -3.97. The first-order chi connectivity index (χ1) is 16.8. The van der Waals surface area contributed by atoms with Crippen LogP contribution in [0, 0.1) is 16.6 Å². The molecule has 1 amide bonds. The Morgan fingerprint density at radius 1 is 0.971 bits per heavy atom. The van der Waals surface area contributed by atoms with Gasteiger partial charge >= 0.3 is 0 Å². The average molecular weight is 491 g/mol. The quantitative estimate of drug-likeness (QED) is 0.269. The van der Waals surface area contributed by atoms with Crippen molar-refractivity contribution in [1.82, 2.24) is 9.80 Å². The molecule has 0 atom stereocenters. The van der Waals surface area contributed by atoms with Crippen LogP contribution in [0.5, 0.6) is 5.75 Å². The van der Waals surface area contributed by atoms with Crippen molar-refractivity contribution in [2.75, 3.05) is 26.2 Å². The van der Waals surface area contributed by atoms with Crippen LogP contribution in [0.25, 0.3) is 11.1 Å². The van der Waals surface area contributed by atoms with Crippen molar-refractivity contribution in [3.05, 3.63) is 101 Å². The molecule has 0 unspecified atom stereocenters. The summed E-state index contributed by atoms with van der Waals surface area (Å²) < 4.78 is 14.7. The second kappa shape index (κ2) is 10.1. The fourth-order valence-electron chi connectivity index (χ4n) is 4.16. The zero-order valence-corrected chi connectivity index (χ0v) is 19.6. The van der Waals surface area contributed by atoms with Crippen molar-refractivity contribution < 1.29 is 14.3 Å². The number of carbonyl (C=O) groups excluding carboxylic acids is 1. The van der Waals surface area contributed by atoms with Crippen molar-refractivity contribution >= 4 is 29.1 Å². The molecule has 1 fully saturated rings. The molecule has 3 N–H and O–H groups in total. The summed E-state index contributed by atoms with van der Waals surface area (Å²) in [5.41, 5.74) is 1.76. The SMILES string of the molecule is C=CC(=O)N1CCN(C(=N)c2cc(-c3c(O)cccc3F)c(Cl)cc2C(=N)c2ccccc2)CC1. The number of piperazine rings is 1. The molecule has 0 spiro atoms. The molecule has 0 radical (unpaired) electrons. The Kier molecular flexibility index (Phi) is 6.98. The van der Waals surface area contributed by atoms with E-state index in [2.05, 4.69) is 6.58 Å². The van der Waals surface area contributed by atoms with Crippen LogP contribution in [0.15, 0.2) is 73.3 Å². The first-order valence-electron chi connectivity index (χ1n) is 11.0. The van der Waals surface area contributed by atoms with Gasteiger partial charge in [0.05, 0.1) is 11.3 Å². The molecule has 6 nitrogen and oxygen atoms in total. The minimum atomic E-state index is -0.646. The number of phenolic OH excluding ortho intramolecular Hbond substituents is 1. The normalized spacial score (nSPS) is 13.4. The standard InChI is InChI=1S/C27H24ClFN4O2/c1-2-24(35)32-11-13-33(14-12-32)27(31)19-15-20(25-22(29)9-6-10-23(25)34)21(28)16-18(19)26(30)17-7-4-3-5-8-17/h2-10,15-16,30-31,34H,1,11-14H2. The van der Waals surface area contributed by atoms with E-state index >= 15 is 0 Å². The molecule has 8 heteroatoms. The Bertz CT molecular complexity index is 1300. The summed E-state index contributed by atoms with van der Waals surface area (Å²) in [6.45, 7) is 5.20. The van der Waals surface area contributed by atoms with Crippen LogP contribution in [0.3, 0.4) is 0 Å². The summed E-state index contributed by atoms with van der Waals surface area (Å²) >= 11 is 6.56. The Balaban J connectivity index is 1.80. The highest BCUT2D eigenvalue weighted by molar-refractivity contribution is 6.34. The largest absolute Gasteiger partial charge is 0.507 e. The second-order valence-electron chi connectivity index (χ2n) is 8.12. The van der Waals surface area contributed by atoms with Crippen LogP contribution in [0.4, 0.5) is 4.39 Å². The van der Waals surface area contributed by atoms with Gasteiger partial charge < -0.3 is 14.9 Å². The maximum Gasteiger partial charge on any atom is 0.246 e. The maximum absolute atomic E-state index is 14.7. The monoisotopic (exact) mass is 490 g/mol. The van der Waals surface area contributed by atoms with Gasteiger partial charge in [-0.25, -0.2) is 4.39 Å². The van der Waals surface area contributed by atoms with E-state index < -0.39 is 5.82 Å². The minimum absolute atomic E-state index is 0.0641. The molecule has 35 heavy (non-hydrogen) atoms. The molecular formula is C27H24ClFN4O2. The van der Waals surface area contributed by atoms with Crippen LogP contribution in [0.2, 0.25) is 5.02 Å². The van der Waals surface area contributed by atoms with Crippen LogP contribution in [-0.4, -0.2) is 58.5 Å². The van der Waals surface area contributed by atoms with Crippen LogP contribution >= 0.6 is 11.6 Å². The molecule has 1 heterocycles. The molecule has 3 aromatic carbocycles. The molecule has 1 aliphatic heterocycles. The Labute approximate surface area is 207 Å². The van der Waals surface area contributed by atoms with Gasteiger partial charge in [-0.1, -0.05) is 54.6 Å². The van der Waals surface area contributed by atoms with Gasteiger partial charge in [0.1, 0.15) is 17.4 Å². The number of nitrogens with one attached hydrogen (secondary N) is 2. The number of aromatic hydroxyl groups is 1. The van der Waals surface area contributed by atoms with Gasteiger partial charge in [-0.15, -0.1) is 0 Å². The van der Waals surface area contributed by atoms with Gasteiger partial charge in [0.2, 0.25) is 5.91 Å². The molecule has 0 aromatic heterocycles. The predicted molar refractivity (Wildman–Crippen MR) is 136 cm³/mol. The highest BCUT2D eigenvalue weighted by Crippen LogP contribution is 2.38. The lowest BCUT2D eigenvalue weighted by Crippen LogP contribution is -2.50. The highest BCUT2D eigenvalue weighted by Gasteiger charge is 2.26. The summed E-state index contributed by atoms with van der Waals surface area (Å²) in [6, 6.07) is 16.2. The van der Waals surface area contributed by atoms with Gasteiger partial charge in [0.25, 0.3) is 0 Å². The molecule has 1 saturated heterocycles. The van der Waals surface area contributed by atoms with Gasteiger partial charge in [0.15, 0.2) is 0 Å². The number of benzene rings is 3. The molecule has 3 aromatic rings. The summed E-state index contributed by atoms with van der Waals surface area (Å²) in [7, 11) is 0. The number of phenols is 1. The topological polar surface area (TPSA) is 91.5 Å². The Morgan fingerprint density at radius 3 is 2.26 bits per heavy atom. The molecule has 4 rings (SSSR count). The van der Waals surface area contributed by atoms with E-state index in [4.69, 9.17) is 22.4 Å². The molecule has 178 valence electrons. The minimum Gasteiger partial charge on any atom is -0.507 e. The lowest BCUT2D eigenvalue weighted by Gasteiger charge is -2.36. The smallest absolute Gasteiger partial charge is 0.246 e. The lowest BCUT2D eigenvalue weighted by atomic mass is 9.92. The van der Waals surface area contributed by atoms with Crippen molar-refractivity contribution in [2.24, 2.45) is 0 Å². The van der Waals surface area contributed by atoms with Gasteiger partial charge in [-0.3, -0.25) is 15.6 Å². The summed E-state index contributed by atoms with van der Waals surface area (Å²) in [5.74, 6) is -0.953. The van der Waals surface area contributed by atoms with E-state index in [1.165, 1.54) is 24.3 Å². The third-order valence-corrected chi connectivity index (χ3v) is 6.35. The first kappa shape index (κ1) is 24.2. The molecule has 1 aliphatic rings. The van der Waals surface area contributed by atoms with Crippen molar-refractivity contribution in [2.45, 2.75) is 0 Å². The van der Waals surface area contributed by atoms with Crippen molar-refractivity contribution in [3.8, 4) is 16.9 Å². The van der Waals surface area contributed by atoms with E-state index in [1.807, 2.05) is 23.1 Å². The van der Waals surface area contributed by atoms with Crippen LogP contribution in [0.1, 0.15) is 16.7 Å². The number of rotatable bonds is 5. The third-order valence-electron chi connectivity index (χ3n) is 6.04. The lowest BCUT2D eigenvalue weighted by molar-refractivity contribution is -0.127. The number of carbonyl (C=O) groups is 1. The molecular weight excluding hydrogens is 467 g/mol. The number of amides is 1. The van der Waals surface area contributed by atoms with E-state index in [9.17, 15) is 14.3 Å². The van der Waals surface area contributed by atoms with E-state index in [-0.39, 0.29) is 39.4 Å². The molecule has 0 bridgehead atoms. The summed E-state index contributed by atoms with van der Waals surface area (Å²) in [6.07, 6.45) is 1.27. The second-order valence-corrected chi connectivity index (χ2v) is 8.52. The number of amidine groups is 1. The number of nitrogens with zero attached hydrogens (tertiary/aromatic N) is 2. The summed E-state index contributed by atoms with van der Waals surface area (Å²) in [4.78, 5) is 15.4. The van der Waals surface area contributed by atoms with Crippen LogP contribution in [-0.2, 0) is 4.79 Å². The highest BCUT2D eigenvalue weighted by atomic mass is 35.5. The van der Waals surface area contributed by atoms with Gasteiger partial charge in [-0.05, 0) is 30.3 Å². The van der Waals surface area contributed by atoms with E-state index in [0.717, 1.165) is 0 Å². The number of halogens is 2. The number of hydrogen-bond donors (Lipinski definition) is 3. The van der Waals surface area contributed by atoms with Crippen molar-refractivity contribution in [1.29, 1.82) is 10.8 Å². The van der Waals surface area contributed by atoms with Crippen LogP contribution < -0.4 is 0 Å². The molecule has 0 aliphatic carbocycles. The molecule has 0 saturated carbocycles. The van der Waals surface area contributed by atoms with Gasteiger partial charge in [0, 0.05) is 53.5 Å². The van der Waals surface area contributed by atoms with E-state index in [0.29, 0.717) is 42.9 Å². The predicted octanol–water partition coefficient (Wildman–Crippen LogP) is 4.92. The first-order valence-corrected chi connectivity index (χ1v) is 11.4. The Morgan fingerprint density at radius 2 is 1.63 bits per heavy atom.